The maximum atomic E-state index is 13.5. The third-order valence-electron chi connectivity index (χ3n) is 18.1. The van der Waals surface area contributed by atoms with E-state index in [0.717, 1.165) is 103 Å². The summed E-state index contributed by atoms with van der Waals surface area (Å²) >= 11 is 0. The van der Waals surface area contributed by atoms with E-state index >= 15 is 0 Å². The average Bonchev–Trinajstić information content (AvgIpc) is 1.09. The SMILES string of the molecule is CC/C=C\C/C=C\C/C=C\C/C=C\C/C=C\CCCCCCCCCCCC(=O)OC1C(OCC(NC(=O)C(O)CCCCCCCCCCCCCCCCCCCCCCCCCC)C(O)/C=C/CCCCCCCCCCCCC)OC(CO)C(O)C1O. The first-order chi connectivity index (χ1) is 44.7. The fourth-order valence-corrected chi connectivity index (χ4v) is 12.1. The molecule has 1 aliphatic heterocycles. The van der Waals surface area contributed by atoms with Gasteiger partial charge in [-0.05, 0) is 70.6 Å². The Morgan fingerprint density at radius 3 is 1.19 bits per heavy atom. The zero-order chi connectivity index (χ0) is 66.0. The highest BCUT2D eigenvalue weighted by Gasteiger charge is 2.47. The molecule has 1 amide bonds. The summed E-state index contributed by atoms with van der Waals surface area (Å²) in [5.41, 5.74) is 0. The van der Waals surface area contributed by atoms with Gasteiger partial charge in [-0.15, -0.1) is 0 Å². The van der Waals surface area contributed by atoms with Crippen molar-refractivity contribution in [2.24, 2.45) is 0 Å². The molecule has 11 heteroatoms. The van der Waals surface area contributed by atoms with Gasteiger partial charge in [0.25, 0.3) is 0 Å². The van der Waals surface area contributed by atoms with Crippen molar-refractivity contribution in [2.45, 2.75) is 410 Å². The maximum Gasteiger partial charge on any atom is 0.306 e. The van der Waals surface area contributed by atoms with Crippen LogP contribution in [0, 0.1) is 0 Å². The molecule has 1 aliphatic rings. The highest BCUT2D eigenvalue weighted by molar-refractivity contribution is 5.80. The smallest absolute Gasteiger partial charge is 0.306 e. The Morgan fingerprint density at radius 1 is 0.440 bits per heavy atom. The molecule has 6 N–H and O–H groups in total. The first kappa shape index (κ1) is 86.1. The molecule has 0 bridgehead atoms. The number of carbonyl (C=O) groups excluding carboxylic acids is 2. The Labute approximate surface area is 560 Å². The van der Waals surface area contributed by atoms with Gasteiger partial charge in [0.15, 0.2) is 12.4 Å². The van der Waals surface area contributed by atoms with Crippen LogP contribution >= 0.6 is 0 Å². The zero-order valence-electron chi connectivity index (χ0n) is 59.2. The van der Waals surface area contributed by atoms with Gasteiger partial charge in [0.2, 0.25) is 5.91 Å². The van der Waals surface area contributed by atoms with Crippen LogP contribution in [0.2, 0.25) is 0 Å². The topological polar surface area (TPSA) is 175 Å². The maximum absolute atomic E-state index is 13.5. The Bertz CT molecular complexity index is 1760. The number of rotatable bonds is 67. The van der Waals surface area contributed by atoms with Crippen LogP contribution in [0.3, 0.4) is 0 Å². The van der Waals surface area contributed by atoms with Crippen molar-refractivity contribution < 1.29 is 49.3 Å². The normalized spacial score (nSPS) is 18.4. The molecule has 0 spiro atoms. The van der Waals surface area contributed by atoms with Crippen LogP contribution in [0.5, 0.6) is 0 Å². The van der Waals surface area contributed by atoms with E-state index in [-0.39, 0.29) is 13.0 Å². The van der Waals surface area contributed by atoms with E-state index in [0.29, 0.717) is 19.3 Å². The van der Waals surface area contributed by atoms with Crippen LogP contribution in [-0.2, 0) is 23.8 Å². The molecule has 1 heterocycles. The molecule has 0 aromatic rings. The molecule has 0 aromatic heterocycles. The van der Waals surface area contributed by atoms with E-state index in [1.807, 2.05) is 6.08 Å². The molecule has 0 aliphatic carbocycles. The molecule has 8 unspecified atom stereocenters. The van der Waals surface area contributed by atoms with Crippen molar-refractivity contribution in [2.75, 3.05) is 13.2 Å². The fourth-order valence-electron chi connectivity index (χ4n) is 12.1. The van der Waals surface area contributed by atoms with Gasteiger partial charge >= 0.3 is 5.97 Å². The number of esters is 1. The third-order valence-corrected chi connectivity index (χ3v) is 18.1. The van der Waals surface area contributed by atoms with E-state index in [1.54, 1.807) is 6.08 Å². The second-order valence-corrected chi connectivity index (χ2v) is 26.7. The van der Waals surface area contributed by atoms with Crippen LogP contribution < -0.4 is 5.32 Å². The van der Waals surface area contributed by atoms with Crippen LogP contribution in [0.25, 0.3) is 0 Å². The van der Waals surface area contributed by atoms with Gasteiger partial charge in [0.1, 0.15) is 24.4 Å². The summed E-state index contributed by atoms with van der Waals surface area (Å²) < 4.78 is 17.7. The van der Waals surface area contributed by atoms with E-state index in [1.165, 1.54) is 212 Å². The molecule has 0 saturated carbocycles. The summed E-state index contributed by atoms with van der Waals surface area (Å²) in [6, 6.07) is -1.03. The van der Waals surface area contributed by atoms with Crippen molar-refractivity contribution in [1.82, 2.24) is 5.32 Å². The van der Waals surface area contributed by atoms with E-state index in [4.69, 9.17) is 14.2 Å². The minimum absolute atomic E-state index is 0.115. The number of allylic oxidation sites excluding steroid dienone is 11. The third kappa shape index (κ3) is 54.0. The molecular weight excluding hydrogens is 1130 g/mol. The molecule has 1 rings (SSSR count). The predicted molar refractivity (Wildman–Crippen MR) is 384 cm³/mol. The lowest BCUT2D eigenvalue weighted by atomic mass is 9.99. The molecule has 11 nitrogen and oxygen atoms in total. The van der Waals surface area contributed by atoms with Gasteiger partial charge in [-0.1, -0.05) is 357 Å². The van der Waals surface area contributed by atoms with Crippen molar-refractivity contribution in [3.63, 3.8) is 0 Å². The van der Waals surface area contributed by atoms with Crippen molar-refractivity contribution >= 4 is 11.9 Å². The predicted octanol–water partition coefficient (Wildman–Crippen LogP) is 20.6. The van der Waals surface area contributed by atoms with E-state index in [9.17, 15) is 35.1 Å². The summed E-state index contributed by atoms with van der Waals surface area (Å²) in [7, 11) is 0. The number of carbonyl (C=O) groups is 2. The van der Waals surface area contributed by atoms with E-state index < -0.39 is 67.4 Å². The number of unbranched alkanes of at least 4 members (excludes halogenated alkanes) is 43. The first-order valence-electron chi connectivity index (χ1n) is 38.7. The monoisotopic (exact) mass is 1280 g/mol. The number of nitrogens with one attached hydrogen (secondary N) is 1. The Kier molecular flexibility index (Phi) is 63.5. The molecule has 1 saturated heterocycles. The molecule has 0 aromatic carbocycles. The van der Waals surface area contributed by atoms with Crippen LogP contribution in [0.4, 0.5) is 0 Å². The van der Waals surface area contributed by atoms with Gasteiger partial charge < -0.3 is 45.1 Å². The standard InChI is InChI=1S/C80H145NO10/c1-4-7-10-13-16-19-22-25-27-29-31-33-35-37-39-41-43-45-47-50-53-56-59-62-65-68-75(85)91-78-77(87)76(86)74(69-82)90-80(78)89-70-71(72(83)66-63-60-57-54-51-48-24-21-18-15-12-9-6-3)81-79(88)73(84)67-64-61-58-55-52-49-46-44-42-40-38-36-34-32-30-28-26-23-20-17-14-11-8-5-2/h7,10,16,19,25,27,31,33,37,39,63,66,71-74,76-78,80,82-84,86-87H,4-6,8-9,11-15,17-18,20-24,26,28-30,32,34-36,38,40-62,64-65,67-70H2,1-3H3,(H,81,88)/b10-7-,19-16-,27-25-,33-31-,39-37-,66-63+. The second kappa shape index (κ2) is 67.1. The van der Waals surface area contributed by atoms with Crippen LogP contribution in [-0.4, -0.2) is 99.6 Å². The molecule has 8 atom stereocenters. The second-order valence-electron chi connectivity index (χ2n) is 26.7. The molecular formula is C80H145NO10. The average molecular weight is 1280 g/mol. The van der Waals surface area contributed by atoms with E-state index in [2.05, 4.69) is 86.8 Å². The Morgan fingerprint density at radius 2 is 0.791 bits per heavy atom. The quantitative estimate of drug-likeness (QED) is 0.0195. The number of aliphatic hydroxyl groups is 5. The lowest BCUT2D eigenvalue weighted by molar-refractivity contribution is -0.305. The fraction of sp³-hybridized carbons (Fsp3) is 0.825. The molecule has 91 heavy (non-hydrogen) atoms. The largest absolute Gasteiger partial charge is 0.454 e. The van der Waals surface area contributed by atoms with Gasteiger partial charge in [-0.25, -0.2) is 0 Å². The lowest BCUT2D eigenvalue weighted by Crippen LogP contribution is -2.61. The van der Waals surface area contributed by atoms with Gasteiger partial charge in [0.05, 0.1) is 25.4 Å². The summed E-state index contributed by atoms with van der Waals surface area (Å²) in [4.78, 5) is 26.8. The summed E-state index contributed by atoms with van der Waals surface area (Å²) in [6.45, 7) is 5.74. The highest BCUT2D eigenvalue weighted by atomic mass is 16.7. The molecule has 1 fully saturated rings. The lowest BCUT2D eigenvalue weighted by Gasteiger charge is -2.41. The van der Waals surface area contributed by atoms with Crippen molar-refractivity contribution in [3.05, 3.63) is 72.9 Å². The van der Waals surface area contributed by atoms with Crippen molar-refractivity contribution in [3.8, 4) is 0 Å². The molecule has 0 radical (unpaired) electrons. The minimum atomic E-state index is -1.62. The Hall–Kier alpha value is -2.90. The van der Waals surface area contributed by atoms with Gasteiger partial charge in [0, 0.05) is 6.42 Å². The summed E-state index contributed by atoms with van der Waals surface area (Å²) in [5.74, 6) is -1.19. The van der Waals surface area contributed by atoms with Crippen molar-refractivity contribution in [1.29, 1.82) is 0 Å². The minimum Gasteiger partial charge on any atom is -0.454 e. The molecule has 530 valence electrons. The number of amides is 1. The Balaban J connectivity index is 2.54. The number of hydrogen-bond donors (Lipinski definition) is 6. The van der Waals surface area contributed by atoms with Crippen LogP contribution in [0.1, 0.15) is 361 Å². The number of aliphatic hydroxyl groups excluding tert-OH is 5. The first-order valence-corrected chi connectivity index (χ1v) is 38.7. The van der Waals surface area contributed by atoms with Gasteiger partial charge in [-0.3, -0.25) is 9.59 Å². The van der Waals surface area contributed by atoms with Crippen LogP contribution in [0.15, 0.2) is 72.9 Å². The zero-order valence-corrected chi connectivity index (χ0v) is 59.2. The van der Waals surface area contributed by atoms with Gasteiger partial charge in [-0.2, -0.15) is 0 Å². The summed E-state index contributed by atoms with van der Waals surface area (Å²) in [5, 5.41) is 57.4. The number of hydrogen-bond acceptors (Lipinski definition) is 10. The highest BCUT2D eigenvalue weighted by Crippen LogP contribution is 2.27. The number of ether oxygens (including phenoxy) is 3. The summed E-state index contributed by atoms with van der Waals surface area (Å²) in [6.07, 6.45) is 78.0.